The van der Waals surface area contributed by atoms with Crippen molar-refractivity contribution < 1.29 is 24.5 Å². The summed E-state index contributed by atoms with van der Waals surface area (Å²) < 4.78 is 5.47. The first-order chi connectivity index (χ1) is 31.0. The number of ether oxygens (including phenoxy) is 1. The lowest BCUT2D eigenvalue weighted by molar-refractivity contribution is -0.143. The predicted octanol–water partition coefficient (Wildman–Crippen LogP) is 17.1. The number of hydrogen-bond donors (Lipinski definition) is 3. The van der Waals surface area contributed by atoms with E-state index in [0.29, 0.717) is 19.4 Å². The van der Waals surface area contributed by atoms with E-state index in [1.54, 1.807) is 6.08 Å². The Morgan fingerprint density at radius 2 is 0.746 bits per heavy atom. The van der Waals surface area contributed by atoms with Crippen molar-refractivity contribution in [2.75, 3.05) is 13.2 Å². The SMILES string of the molecule is CCCCCC/C=C\CCCCCCCC(=O)OCCCCCCCCCCCCCCCCCCCCCCCCCCC(=O)NC(CO)C(O)/C=C/CCCCCCCCC. The van der Waals surface area contributed by atoms with Crippen LogP contribution in [0.15, 0.2) is 24.3 Å². The van der Waals surface area contributed by atoms with Crippen LogP contribution in [0.5, 0.6) is 0 Å². The first-order valence-electron chi connectivity index (χ1n) is 28.1. The molecule has 0 saturated carbocycles. The van der Waals surface area contributed by atoms with Crippen molar-refractivity contribution in [1.82, 2.24) is 5.32 Å². The number of esters is 1. The fourth-order valence-electron chi connectivity index (χ4n) is 8.63. The Morgan fingerprint density at radius 3 is 1.14 bits per heavy atom. The van der Waals surface area contributed by atoms with E-state index in [1.807, 2.05) is 6.08 Å². The fraction of sp³-hybridized carbons (Fsp3) is 0.895. The van der Waals surface area contributed by atoms with Gasteiger partial charge in [-0.05, 0) is 57.8 Å². The molecule has 1 amide bonds. The molecule has 0 rings (SSSR count). The minimum absolute atomic E-state index is 0.00540. The molecule has 63 heavy (non-hydrogen) atoms. The molecule has 0 spiro atoms. The van der Waals surface area contributed by atoms with Crippen molar-refractivity contribution in [2.45, 2.75) is 315 Å². The maximum Gasteiger partial charge on any atom is 0.305 e. The summed E-state index contributed by atoms with van der Waals surface area (Å²) in [5, 5.41) is 22.9. The van der Waals surface area contributed by atoms with Gasteiger partial charge < -0.3 is 20.3 Å². The van der Waals surface area contributed by atoms with Crippen LogP contribution in [0.4, 0.5) is 0 Å². The molecule has 0 aromatic rings. The van der Waals surface area contributed by atoms with Crippen LogP contribution >= 0.6 is 0 Å². The summed E-state index contributed by atoms with van der Waals surface area (Å²) in [6.45, 7) is 4.86. The number of unbranched alkanes of at least 4 members (excludes halogenated alkanes) is 39. The van der Waals surface area contributed by atoms with Gasteiger partial charge in [0.05, 0.1) is 25.4 Å². The van der Waals surface area contributed by atoms with E-state index in [9.17, 15) is 19.8 Å². The second kappa shape index (κ2) is 53.0. The highest BCUT2D eigenvalue weighted by Gasteiger charge is 2.18. The number of carbonyl (C=O) groups is 2. The molecule has 0 aliphatic heterocycles. The number of hydrogen-bond acceptors (Lipinski definition) is 5. The number of nitrogens with one attached hydrogen (secondary N) is 1. The summed E-state index contributed by atoms with van der Waals surface area (Å²) in [6, 6.07) is -0.624. The third kappa shape index (κ3) is 49.6. The van der Waals surface area contributed by atoms with Gasteiger partial charge in [-0.25, -0.2) is 0 Å². The molecule has 0 radical (unpaired) electrons. The largest absolute Gasteiger partial charge is 0.466 e. The summed E-state index contributed by atoms with van der Waals surface area (Å²) in [7, 11) is 0. The van der Waals surface area contributed by atoms with Gasteiger partial charge in [-0.3, -0.25) is 9.59 Å². The average molecular weight is 889 g/mol. The molecule has 0 aliphatic carbocycles. The molecule has 0 heterocycles. The third-order valence-corrected chi connectivity index (χ3v) is 13.0. The standard InChI is InChI=1S/C57H109NO5/c1-3-5-7-9-11-13-14-27-31-35-39-43-47-51-57(62)63-52-48-44-40-36-32-29-26-24-22-20-18-16-15-17-19-21-23-25-28-30-34-38-42-46-50-56(61)58-54(53-59)55(60)49-45-41-37-33-12-10-8-6-4-2/h13-14,45,49,54-55,59-60H,3-12,15-44,46-48,50-53H2,1-2H3,(H,58,61)/b14-13-,49-45+. The molecule has 0 bridgehead atoms. The highest BCUT2D eigenvalue weighted by atomic mass is 16.5. The molecular weight excluding hydrogens is 779 g/mol. The van der Waals surface area contributed by atoms with E-state index in [0.717, 1.165) is 44.9 Å². The van der Waals surface area contributed by atoms with E-state index in [4.69, 9.17) is 4.74 Å². The zero-order chi connectivity index (χ0) is 45.8. The van der Waals surface area contributed by atoms with Crippen molar-refractivity contribution in [1.29, 1.82) is 0 Å². The Hall–Kier alpha value is -1.66. The minimum atomic E-state index is -0.841. The predicted molar refractivity (Wildman–Crippen MR) is 273 cm³/mol. The molecule has 372 valence electrons. The van der Waals surface area contributed by atoms with Gasteiger partial charge in [0.25, 0.3) is 0 Å². The van der Waals surface area contributed by atoms with Crippen LogP contribution in [0.25, 0.3) is 0 Å². The van der Waals surface area contributed by atoms with Crippen LogP contribution in [0.3, 0.4) is 0 Å². The number of carbonyl (C=O) groups excluding carboxylic acids is 2. The highest BCUT2D eigenvalue weighted by Crippen LogP contribution is 2.17. The first kappa shape index (κ1) is 61.3. The first-order valence-corrected chi connectivity index (χ1v) is 28.1. The topological polar surface area (TPSA) is 95.9 Å². The lowest BCUT2D eigenvalue weighted by Crippen LogP contribution is -2.45. The molecule has 6 nitrogen and oxygen atoms in total. The molecule has 0 aromatic carbocycles. The minimum Gasteiger partial charge on any atom is -0.466 e. The molecular formula is C57H109NO5. The fourth-order valence-corrected chi connectivity index (χ4v) is 8.63. The van der Waals surface area contributed by atoms with Gasteiger partial charge in [0.1, 0.15) is 0 Å². The Morgan fingerprint density at radius 1 is 0.429 bits per heavy atom. The molecule has 0 fully saturated rings. The maximum absolute atomic E-state index is 12.4. The van der Waals surface area contributed by atoms with Crippen molar-refractivity contribution >= 4 is 11.9 Å². The third-order valence-electron chi connectivity index (χ3n) is 13.0. The van der Waals surface area contributed by atoms with Crippen LogP contribution < -0.4 is 5.32 Å². The second-order valence-corrected chi connectivity index (χ2v) is 19.3. The van der Waals surface area contributed by atoms with Gasteiger partial charge in [-0.2, -0.15) is 0 Å². The van der Waals surface area contributed by atoms with E-state index in [-0.39, 0.29) is 18.5 Å². The van der Waals surface area contributed by atoms with Crippen LogP contribution in [-0.2, 0) is 14.3 Å². The second-order valence-electron chi connectivity index (χ2n) is 19.3. The average Bonchev–Trinajstić information content (AvgIpc) is 3.28. The Kier molecular flexibility index (Phi) is 51.6. The molecule has 6 heteroatoms. The van der Waals surface area contributed by atoms with E-state index < -0.39 is 12.1 Å². The number of rotatable bonds is 52. The zero-order valence-electron chi connectivity index (χ0n) is 42.3. The molecule has 0 aliphatic rings. The van der Waals surface area contributed by atoms with Crippen molar-refractivity contribution in [3.8, 4) is 0 Å². The summed E-state index contributed by atoms with van der Waals surface area (Å²) >= 11 is 0. The Labute approximate surface area is 392 Å². The van der Waals surface area contributed by atoms with Crippen molar-refractivity contribution in [2.24, 2.45) is 0 Å². The summed E-state index contributed by atoms with van der Waals surface area (Å²) in [5.41, 5.74) is 0. The molecule has 0 aromatic heterocycles. The zero-order valence-corrected chi connectivity index (χ0v) is 42.3. The van der Waals surface area contributed by atoms with Gasteiger partial charge in [0.15, 0.2) is 0 Å². The normalized spacial score (nSPS) is 12.8. The number of aliphatic hydroxyl groups is 2. The highest BCUT2D eigenvalue weighted by molar-refractivity contribution is 5.76. The monoisotopic (exact) mass is 888 g/mol. The van der Waals surface area contributed by atoms with Crippen LogP contribution in [0, 0.1) is 0 Å². The number of aliphatic hydroxyl groups excluding tert-OH is 2. The smallest absolute Gasteiger partial charge is 0.305 e. The van der Waals surface area contributed by atoms with Crippen molar-refractivity contribution in [3.05, 3.63) is 24.3 Å². The van der Waals surface area contributed by atoms with E-state index >= 15 is 0 Å². The van der Waals surface area contributed by atoms with Crippen LogP contribution in [0.1, 0.15) is 303 Å². The van der Waals surface area contributed by atoms with Gasteiger partial charge in [0.2, 0.25) is 5.91 Å². The summed E-state index contributed by atoms with van der Waals surface area (Å²) in [4.78, 5) is 24.4. The van der Waals surface area contributed by atoms with Gasteiger partial charge >= 0.3 is 5.97 Å². The maximum atomic E-state index is 12.4. The van der Waals surface area contributed by atoms with Crippen LogP contribution in [-0.4, -0.2) is 47.4 Å². The lowest BCUT2D eigenvalue weighted by Gasteiger charge is -2.20. The Balaban J connectivity index is 3.35. The van der Waals surface area contributed by atoms with E-state index in [1.165, 1.54) is 231 Å². The summed E-state index contributed by atoms with van der Waals surface area (Å²) in [5.74, 6) is -0.0639. The molecule has 2 atom stereocenters. The molecule has 0 saturated heterocycles. The Bertz CT molecular complexity index is 982. The molecule has 3 N–H and O–H groups in total. The number of amides is 1. The number of allylic oxidation sites excluding steroid dienone is 3. The summed E-state index contributed by atoms with van der Waals surface area (Å²) in [6.07, 6.45) is 63.5. The van der Waals surface area contributed by atoms with Gasteiger partial charge in [0, 0.05) is 12.8 Å². The van der Waals surface area contributed by atoms with Crippen LogP contribution in [0.2, 0.25) is 0 Å². The quantitative estimate of drug-likeness (QED) is 0.0321. The van der Waals surface area contributed by atoms with Gasteiger partial charge in [-0.15, -0.1) is 0 Å². The lowest BCUT2D eigenvalue weighted by atomic mass is 10.0. The molecule has 2 unspecified atom stereocenters. The van der Waals surface area contributed by atoms with Gasteiger partial charge in [-0.1, -0.05) is 256 Å². The van der Waals surface area contributed by atoms with E-state index in [2.05, 4.69) is 31.3 Å². The van der Waals surface area contributed by atoms with Crippen molar-refractivity contribution in [3.63, 3.8) is 0 Å².